The lowest BCUT2D eigenvalue weighted by Gasteiger charge is -2.17. The second-order valence-corrected chi connectivity index (χ2v) is 8.27. The first-order valence-corrected chi connectivity index (χ1v) is 10.5. The average Bonchev–Trinajstić information content (AvgIpc) is 3.06. The van der Waals surface area contributed by atoms with Crippen molar-refractivity contribution in [2.24, 2.45) is 7.05 Å². The first-order chi connectivity index (χ1) is 15.8. The first kappa shape index (κ1) is 25.5. The van der Waals surface area contributed by atoms with Crippen molar-refractivity contribution >= 4 is 35.1 Å². The topological polar surface area (TPSA) is 84.2 Å². The predicted molar refractivity (Wildman–Crippen MR) is 117 cm³/mol. The van der Waals surface area contributed by atoms with E-state index in [9.17, 15) is 27.2 Å². The second kappa shape index (κ2) is 9.63. The molecule has 1 heterocycles. The molecule has 2 N–H and O–H groups in total. The zero-order valence-corrected chi connectivity index (χ0v) is 19.2. The van der Waals surface area contributed by atoms with Gasteiger partial charge in [0.25, 0.3) is 5.91 Å². The Morgan fingerprint density at radius 1 is 1.15 bits per heavy atom. The van der Waals surface area contributed by atoms with Crippen LogP contribution >= 0.6 is 23.2 Å². The molecule has 3 rings (SSSR count). The summed E-state index contributed by atoms with van der Waals surface area (Å²) < 4.78 is 56.3. The molecule has 0 spiro atoms. The van der Waals surface area contributed by atoms with E-state index in [1.807, 2.05) is 0 Å². The number of alkyl halides is 3. The van der Waals surface area contributed by atoms with Crippen LogP contribution in [0.3, 0.4) is 0 Å². The van der Waals surface area contributed by atoms with Crippen LogP contribution in [0.5, 0.6) is 0 Å². The number of aromatic nitrogens is 2. The Balaban J connectivity index is 1.98. The van der Waals surface area contributed by atoms with Gasteiger partial charge in [-0.25, -0.2) is 9.18 Å². The van der Waals surface area contributed by atoms with Crippen LogP contribution in [0.25, 0.3) is 0 Å². The van der Waals surface area contributed by atoms with Crippen LogP contribution in [-0.4, -0.2) is 26.8 Å². The van der Waals surface area contributed by atoms with Crippen LogP contribution in [0.4, 0.5) is 17.6 Å². The van der Waals surface area contributed by atoms with Gasteiger partial charge < -0.3 is 10.4 Å². The summed E-state index contributed by atoms with van der Waals surface area (Å²) in [7, 11) is 1.06. The minimum absolute atomic E-state index is 0.0955. The first-order valence-electron chi connectivity index (χ1n) is 9.70. The molecule has 0 saturated heterocycles. The number of carbonyl (C=O) groups excluding carboxylic acids is 1. The molecule has 12 heteroatoms. The molecule has 0 bridgehead atoms. The molecule has 0 fully saturated rings. The Hall–Kier alpha value is -3.11. The summed E-state index contributed by atoms with van der Waals surface area (Å²) in [5.74, 6) is -3.39. The number of hydrogen-bond donors (Lipinski definition) is 2. The van der Waals surface area contributed by atoms with E-state index in [1.54, 1.807) is 6.07 Å². The Kier molecular flexibility index (Phi) is 7.23. The van der Waals surface area contributed by atoms with E-state index >= 15 is 0 Å². The van der Waals surface area contributed by atoms with Crippen molar-refractivity contribution in [3.05, 3.63) is 85.9 Å². The van der Waals surface area contributed by atoms with E-state index in [4.69, 9.17) is 28.3 Å². The number of aryl methyl sites for hydroxylation is 1. The summed E-state index contributed by atoms with van der Waals surface area (Å²) in [5.41, 5.74) is -2.08. The fourth-order valence-electron chi connectivity index (χ4n) is 3.47. The molecule has 0 aliphatic heterocycles. The smallest absolute Gasteiger partial charge is 0.433 e. The quantitative estimate of drug-likeness (QED) is 0.413. The zero-order chi connectivity index (χ0) is 25.4. The van der Waals surface area contributed by atoms with Gasteiger partial charge in [0.05, 0.1) is 32.9 Å². The van der Waals surface area contributed by atoms with Gasteiger partial charge in [-0.1, -0.05) is 35.3 Å². The number of hydrogen-bond acceptors (Lipinski definition) is 3. The Bertz CT molecular complexity index is 1280. The fourth-order valence-corrected chi connectivity index (χ4v) is 3.79. The molecule has 0 aliphatic carbocycles. The molecule has 0 unspecified atom stereocenters. The van der Waals surface area contributed by atoms with Crippen LogP contribution in [0.15, 0.2) is 36.4 Å². The molecule has 0 radical (unpaired) electrons. The summed E-state index contributed by atoms with van der Waals surface area (Å²) in [4.78, 5) is 24.0. The number of amides is 1. The van der Waals surface area contributed by atoms with Crippen molar-refractivity contribution in [2.45, 2.75) is 25.6 Å². The molecule has 34 heavy (non-hydrogen) atoms. The molecule has 6 nitrogen and oxygen atoms in total. The lowest BCUT2D eigenvalue weighted by atomic mass is 10.0. The Morgan fingerprint density at radius 2 is 1.82 bits per heavy atom. The number of carbonyl (C=O) groups is 2. The number of carboxylic acids is 1. The highest BCUT2D eigenvalue weighted by atomic mass is 35.5. The SMILES string of the molecule is C[C@H](NC(=O)c1c(Cc2ccc(Cl)c(Cl)c2)nn(C)c1C(F)(F)F)c1ccc(C(=O)O)cc1F. The highest BCUT2D eigenvalue weighted by Crippen LogP contribution is 2.35. The highest BCUT2D eigenvalue weighted by molar-refractivity contribution is 6.42. The number of nitrogens with one attached hydrogen (secondary N) is 1. The molecule has 1 atom stereocenters. The summed E-state index contributed by atoms with van der Waals surface area (Å²) in [6, 6.07) is 6.43. The van der Waals surface area contributed by atoms with Gasteiger partial charge in [-0.3, -0.25) is 9.48 Å². The minimum atomic E-state index is -4.90. The van der Waals surface area contributed by atoms with Gasteiger partial charge in [0, 0.05) is 19.0 Å². The van der Waals surface area contributed by atoms with Crippen LogP contribution in [0.1, 0.15) is 56.2 Å². The maximum atomic E-state index is 14.4. The molecule has 180 valence electrons. The minimum Gasteiger partial charge on any atom is -0.478 e. The maximum Gasteiger partial charge on any atom is 0.433 e. The largest absolute Gasteiger partial charge is 0.478 e. The van der Waals surface area contributed by atoms with Crippen LogP contribution < -0.4 is 5.32 Å². The van der Waals surface area contributed by atoms with E-state index in [0.717, 1.165) is 25.2 Å². The van der Waals surface area contributed by atoms with Crippen LogP contribution in [-0.2, 0) is 19.6 Å². The summed E-state index contributed by atoms with van der Waals surface area (Å²) in [5, 5.41) is 15.6. The van der Waals surface area contributed by atoms with Crippen molar-refractivity contribution in [1.29, 1.82) is 0 Å². The van der Waals surface area contributed by atoms with Crippen molar-refractivity contribution in [1.82, 2.24) is 15.1 Å². The molecule has 3 aromatic rings. The number of aromatic carboxylic acids is 1. The summed E-state index contributed by atoms with van der Waals surface area (Å²) >= 11 is 11.9. The number of carboxylic acid groups (broad SMARTS) is 1. The van der Waals surface area contributed by atoms with E-state index in [2.05, 4.69) is 10.4 Å². The highest BCUT2D eigenvalue weighted by Gasteiger charge is 2.41. The van der Waals surface area contributed by atoms with Crippen LogP contribution in [0.2, 0.25) is 10.0 Å². The van der Waals surface area contributed by atoms with E-state index < -0.39 is 41.2 Å². The maximum absolute atomic E-state index is 14.4. The van der Waals surface area contributed by atoms with E-state index in [0.29, 0.717) is 10.2 Å². The van der Waals surface area contributed by atoms with Gasteiger partial charge in [-0.15, -0.1) is 0 Å². The Morgan fingerprint density at radius 3 is 2.38 bits per heavy atom. The third-order valence-corrected chi connectivity index (χ3v) is 5.77. The fraction of sp³-hybridized carbons (Fsp3) is 0.227. The molecule has 0 aliphatic rings. The van der Waals surface area contributed by atoms with E-state index in [1.165, 1.54) is 19.1 Å². The second-order valence-electron chi connectivity index (χ2n) is 7.45. The average molecular weight is 518 g/mol. The van der Waals surface area contributed by atoms with Gasteiger partial charge in [-0.05, 0) is 36.8 Å². The normalized spacial score (nSPS) is 12.5. The standard InChI is InChI=1S/C22H17Cl2F4N3O3/c1-10(13-5-4-12(21(33)34)9-16(13)25)29-20(32)18-17(30-31(2)19(18)22(26,27)28)8-11-3-6-14(23)15(24)7-11/h3-7,9-10H,8H2,1-2H3,(H,29,32)(H,33,34)/t10-/m0/s1. The van der Waals surface area contributed by atoms with Gasteiger partial charge in [0.2, 0.25) is 0 Å². The number of halogens is 6. The van der Waals surface area contributed by atoms with Crippen molar-refractivity contribution in [2.75, 3.05) is 0 Å². The monoisotopic (exact) mass is 517 g/mol. The number of benzene rings is 2. The molecular formula is C22H17Cl2F4N3O3. The summed E-state index contributed by atoms with van der Waals surface area (Å²) in [6.07, 6.45) is -5.05. The van der Waals surface area contributed by atoms with Crippen molar-refractivity contribution in [3.63, 3.8) is 0 Å². The molecule has 1 aromatic heterocycles. The van der Waals surface area contributed by atoms with Crippen LogP contribution in [0, 0.1) is 5.82 Å². The van der Waals surface area contributed by atoms with Crippen molar-refractivity contribution < 1.29 is 32.3 Å². The predicted octanol–water partition coefficient (Wildman–Crippen LogP) is 5.66. The van der Waals surface area contributed by atoms with Gasteiger partial charge in [0.15, 0.2) is 5.69 Å². The van der Waals surface area contributed by atoms with E-state index in [-0.39, 0.29) is 33.3 Å². The van der Waals surface area contributed by atoms with Gasteiger partial charge in [-0.2, -0.15) is 18.3 Å². The molecule has 2 aromatic carbocycles. The Labute approximate surface area is 201 Å². The molecule has 1 amide bonds. The third kappa shape index (κ3) is 5.34. The number of rotatable bonds is 6. The van der Waals surface area contributed by atoms with Crippen molar-refractivity contribution in [3.8, 4) is 0 Å². The molecule has 0 saturated carbocycles. The zero-order valence-electron chi connectivity index (χ0n) is 17.7. The lowest BCUT2D eigenvalue weighted by molar-refractivity contribution is -0.144. The molecular weight excluding hydrogens is 501 g/mol. The lowest BCUT2D eigenvalue weighted by Crippen LogP contribution is -2.30. The summed E-state index contributed by atoms with van der Waals surface area (Å²) in [6.45, 7) is 1.36. The third-order valence-electron chi connectivity index (χ3n) is 5.03. The van der Waals surface area contributed by atoms with Gasteiger partial charge >= 0.3 is 12.1 Å². The number of nitrogens with zero attached hydrogens (tertiary/aromatic N) is 2. The van der Waals surface area contributed by atoms with Gasteiger partial charge in [0.1, 0.15) is 5.82 Å².